The number of fused-ring (bicyclic) bond motifs is 1. The highest BCUT2D eigenvalue weighted by Gasteiger charge is 2.69. The van der Waals surface area contributed by atoms with Crippen LogP contribution in [0.4, 0.5) is 4.79 Å². The standard InChI is InChI=1S/C23H23NO6S/c1-22(2)23(14-16-9-5-3-6-10-16,24-18(25)13-19(24)31-22)20(26)28-15-29-21(27)30-17-11-7-4-8-12-17/h3-12,19H,13-15H2,1-2H3/t19-,23+/m1/s1. The molecule has 2 aromatic carbocycles. The van der Waals surface area contributed by atoms with Gasteiger partial charge >= 0.3 is 12.1 Å². The lowest BCUT2D eigenvalue weighted by Gasteiger charge is -2.47. The van der Waals surface area contributed by atoms with Gasteiger partial charge in [0, 0.05) is 11.2 Å². The second-order valence-electron chi connectivity index (χ2n) is 7.93. The van der Waals surface area contributed by atoms with Crippen LogP contribution < -0.4 is 4.74 Å². The number of thioether (sulfide) groups is 1. The summed E-state index contributed by atoms with van der Waals surface area (Å²) in [4.78, 5) is 39.4. The highest BCUT2D eigenvalue weighted by Crippen LogP contribution is 2.58. The Morgan fingerprint density at radius 3 is 2.32 bits per heavy atom. The predicted octanol–water partition coefficient (Wildman–Crippen LogP) is 3.77. The summed E-state index contributed by atoms with van der Waals surface area (Å²) in [6.45, 7) is 3.28. The van der Waals surface area contributed by atoms with Crippen molar-refractivity contribution < 1.29 is 28.6 Å². The molecule has 4 rings (SSSR count). The van der Waals surface area contributed by atoms with E-state index in [1.54, 1.807) is 47.0 Å². The van der Waals surface area contributed by atoms with Crippen LogP contribution in [0.25, 0.3) is 0 Å². The van der Waals surface area contributed by atoms with Crippen LogP contribution >= 0.6 is 11.8 Å². The summed E-state index contributed by atoms with van der Waals surface area (Å²) >= 11 is 1.59. The van der Waals surface area contributed by atoms with Crippen LogP contribution in [0.1, 0.15) is 25.8 Å². The molecule has 0 unspecified atom stereocenters. The summed E-state index contributed by atoms with van der Waals surface area (Å²) < 4.78 is 14.7. The second-order valence-corrected chi connectivity index (χ2v) is 9.73. The first-order valence-corrected chi connectivity index (χ1v) is 10.8. The van der Waals surface area contributed by atoms with Gasteiger partial charge in [-0.15, -0.1) is 11.8 Å². The first kappa shape index (κ1) is 21.2. The molecular weight excluding hydrogens is 418 g/mol. The predicted molar refractivity (Wildman–Crippen MR) is 114 cm³/mol. The number of hydrogen-bond donors (Lipinski definition) is 0. The van der Waals surface area contributed by atoms with E-state index >= 15 is 0 Å². The molecule has 2 heterocycles. The first-order chi connectivity index (χ1) is 14.8. The number of rotatable bonds is 6. The normalized spacial score (nSPS) is 23.5. The molecule has 2 atom stereocenters. The lowest BCUT2D eigenvalue weighted by Crippen LogP contribution is -2.68. The molecule has 8 heteroatoms. The number of nitrogens with zero attached hydrogens (tertiary/aromatic N) is 1. The second kappa shape index (κ2) is 8.26. The number of para-hydroxylation sites is 1. The summed E-state index contributed by atoms with van der Waals surface area (Å²) in [5, 5.41) is -0.0669. The van der Waals surface area contributed by atoms with Crippen LogP contribution in [0.3, 0.4) is 0 Å². The molecule has 0 saturated carbocycles. The minimum Gasteiger partial charge on any atom is -0.426 e. The Hall–Kier alpha value is -3.00. The maximum absolute atomic E-state index is 13.4. The Kier molecular flexibility index (Phi) is 5.66. The van der Waals surface area contributed by atoms with Crippen LogP contribution in [0, 0.1) is 0 Å². The maximum atomic E-state index is 13.4. The minimum atomic E-state index is -1.20. The van der Waals surface area contributed by atoms with Gasteiger partial charge in [-0.1, -0.05) is 48.5 Å². The number of carbonyl (C=O) groups is 3. The minimum absolute atomic E-state index is 0.0669. The van der Waals surface area contributed by atoms with Gasteiger partial charge < -0.3 is 19.1 Å². The number of hydrogen-bond acceptors (Lipinski definition) is 7. The van der Waals surface area contributed by atoms with E-state index in [9.17, 15) is 14.4 Å². The highest BCUT2D eigenvalue weighted by atomic mass is 32.2. The van der Waals surface area contributed by atoms with Crippen molar-refractivity contribution in [3.05, 3.63) is 66.2 Å². The van der Waals surface area contributed by atoms with Gasteiger partial charge in [0.25, 0.3) is 0 Å². The zero-order chi connectivity index (χ0) is 22.1. The van der Waals surface area contributed by atoms with E-state index in [4.69, 9.17) is 14.2 Å². The molecular formula is C23H23NO6S. The van der Waals surface area contributed by atoms with E-state index in [0.29, 0.717) is 18.6 Å². The summed E-state index contributed by atoms with van der Waals surface area (Å²) in [6, 6.07) is 18.0. The van der Waals surface area contributed by atoms with Crippen molar-refractivity contribution in [3.63, 3.8) is 0 Å². The van der Waals surface area contributed by atoms with Gasteiger partial charge in [0.2, 0.25) is 12.7 Å². The number of amides is 1. The van der Waals surface area contributed by atoms with Gasteiger partial charge in [0.1, 0.15) is 5.75 Å². The van der Waals surface area contributed by atoms with Crippen LogP contribution in [0.5, 0.6) is 5.75 Å². The van der Waals surface area contributed by atoms with E-state index in [1.807, 2.05) is 44.2 Å². The molecule has 2 aromatic rings. The first-order valence-electron chi connectivity index (χ1n) is 9.94. The molecule has 1 amide bonds. The van der Waals surface area contributed by atoms with Crippen molar-refractivity contribution in [3.8, 4) is 5.75 Å². The van der Waals surface area contributed by atoms with Crippen molar-refractivity contribution >= 4 is 29.8 Å². The molecule has 0 spiro atoms. The monoisotopic (exact) mass is 441 g/mol. The SMILES string of the molecule is CC1(C)S[C@@H]2CC(=O)N2[C@@]1(Cc1ccccc1)C(=O)OCOC(=O)Oc1ccccc1. The summed E-state index contributed by atoms with van der Waals surface area (Å²) in [5.41, 5.74) is -0.288. The number of benzene rings is 2. The molecule has 0 aliphatic carbocycles. The smallest absolute Gasteiger partial charge is 0.426 e. The van der Waals surface area contributed by atoms with Gasteiger partial charge in [-0.25, -0.2) is 9.59 Å². The number of carbonyl (C=O) groups excluding carboxylic acids is 3. The quantitative estimate of drug-likeness (QED) is 0.292. The third-order valence-electron chi connectivity index (χ3n) is 5.70. The topological polar surface area (TPSA) is 82.1 Å². The van der Waals surface area contributed by atoms with Crippen molar-refractivity contribution in [1.82, 2.24) is 4.90 Å². The average Bonchev–Trinajstić information content (AvgIpc) is 2.92. The fourth-order valence-corrected chi connectivity index (χ4v) is 5.90. The molecule has 0 aromatic heterocycles. The fraction of sp³-hybridized carbons (Fsp3) is 0.348. The molecule has 31 heavy (non-hydrogen) atoms. The lowest BCUT2D eigenvalue weighted by atomic mass is 9.77. The van der Waals surface area contributed by atoms with E-state index in [0.717, 1.165) is 5.56 Å². The fourth-order valence-electron chi connectivity index (χ4n) is 4.14. The molecule has 162 valence electrons. The molecule has 7 nitrogen and oxygen atoms in total. The van der Waals surface area contributed by atoms with E-state index in [-0.39, 0.29) is 11.3 Å². The van der Waals surface area contributed by atoms with E-state index < -0.39 is 29.2 Å². The van der Waals surface area contributed by atoms with Crippen LogP contribution in [0.15, 0.2) is 60.7 Å². The summed E-state index contributed by atoms with van der Waals surface area (Å²) in [7, 11) is 0. The van der Waals surface area contributed by atoms with Crippen LogP contribution in [0.2, 0.25) is 0 Å². The van der Waals surface area contributed by atoms with Gasteiger partial charge in [-0.05, 0) is 31.5 Å². The van der Waals surface area contributed by atoms with E-state index in [1.165, 1.54) is 0 Å². The van der Waals surface area contributed by atoms with Crippen molar-refractivity contribution in [2.75, 3.05) is 6.79 Å². The van der Waals surface area contributed by atoms with Crippen molar-refractivity contribution in [1.29, 1.82) is 0 Å². The molecule has 2 saturated heterocycles. The zero-order valence-corrected chi connectivity index (χ0v) is 18.1. The third kappa shape index (κ3) is 3.87. The highest BCUT2D eigenvalue weighted by molar-refractivity contribution is 8.01. The van der Waals surface area contributed by atoms with Gasteiger partial charge in [-0.3, -0.25) is 4.79 Å². The summed E-state index contributed by atoms with van der Waals surface area (Å²) in [5.74, 6) is -0.362. The summed E-state index contributed by atoms with van der Waals surface area (Å²) in [6.07, 6.45) is -0.268. The Labute approximate surface area is 184 Å². The lowest BCUT2D eigenvalue weighted by molar-refractivity contribution is -0.178. The van der Waals surface area contributed by atoms with Crippen LogP contribution in [-0.2, 0) is 25.5 Å². The molecule has 0 N–H and O–H groups in total. The number of ether oxygens (including phenoxy) is 3. The Bertz CT molecular complexity index is 980. The largest absolute Gasteiger partial charge is 0.516 e. The van der Waals surface area contributed by atoms with Gasteiger partial charge in [0.05, 0.1) is 11.8 Å². The van der Waals surface area contributed by atoms with E-state index in [2.05, 4.69) is 0 Å². The molecule has 0 radical (unpaired) electrons. The van der Waals surface area contributed by atoms with Gasteiger partial charge in [0.15, 0.2) is 5.54 Å². The van der Waals surface area contributed by atoms with Gasteiger partial charge in [-0.2, -0.15) is 0 Å². The number of β-lactam (4-membered cyclic amide) rings is 1. The molecule has 2 aliphatic rings. The Balaban J connectivity index is 1.49. The molecule has 2 fully saturated rings. The number of esters is 1. The zero-order valence-electron chi connectivity index (χ0n) is 17.3. The Morgan fingerprint density at radius 1 is 1.03 bits per heavy atom. The van der Waals surface area contributed by atoms with Crippen molar-refractivity contribution in [2.24, 2.45) is 0 Å². The maximum Gasteiger partial charge on any atom is 0.516 e. The van der Waals surface area contributed by atoms with Crippen LogP contribution in [-0.4, -0.2) is 45.4 Å². The average molecular weight is 442 g/mol. The Morgan fingerprint density at radius 2 is 1.68 bits per heavy atom. The van der Waals surface area contributed by atoms with Crippen molar-refractivity contribution in [2.45, 2.75) is 42.3 Å². The molecule has 0 bridgehead atoms. The molecule has 2 aliphatic heterocycles. The third-order valence-corrected chi connectivity index (χ3v) is 7.27.